The number of rotatable bonds is 27. The first-order valence-electron chi connectivity index (χ1n) is 29.2. The molecule has 0 aliphatic carbocycles. The molecule has 514 valence electrons. The highest BCUT2D eigenvalue weighted by Gasteiger charge is 2.26. The molecule has 3 amide bonds. The van der Waals surface area contributed by atoms with Gasteiger partial charge in [-0.3, -0.25) is 33.6 Å². The number of nitrogen functional groups attached to an aromatic ring is 5. The van der Waals surface area contributed by atoms with Crippen LogP contribution in [-0.2, 0) is 41.9 Å². The first-order valence-corrected chi connectivity index (χ1v) is 29.2. The molecule has 3 aromatic carbocycles. The number of aromatic amines is 1. The van der Waals surface area contributed by atoms with Crippen LogP contribution in [0.25, 0.3) is 22.3 Å². The van der Waals surface area contributed by atoms with Crippen molar-refractivity contribution in [2.45, 2.75) is 75.8 Å². The van der Waals surface area contributed by atoms with Crippen LogP contribution in [0.2, 0.25) is 0 Å². The van der Waals surface area contributed by atoms with Crippen molar-refractivity contribution in [2.24, 2.45) is 0 Å². The highest BCUT2D eigenvalue weighted by atomic mass is 16.4. The van der Waals surface area contributed by atoms with Crippen LogP contribution in [0.15, 0.2) is 90.0 Å². The molecule has 8 aromatic rings. The average molecular weight is 1350 g/mol. The topological polar surface area (TPSA) is 633 Å². The van der Waals surface area contributed by atoms with Gasteiger partial charge in [0.1, 0.15) is 29.6 Å². The van der Waals surface area contributed by atoms with E-state index in [1.165, 1.54) is 36.4 Å². The molecule has 1 aliphatic rings. The molecule has 1 unspecified atom stereocenters. The Morgan fingerprint density at radius 2 is 0.908 bits per heavy atom. The van der Waals surface area contributed by atoms with Crippen molar-refractivity contribution in [1.29, 1.82) is 0 Å². The van der Waals surface area contributed by atoms with Gasteiger partial charge in [-0.05, 0) is 92.1 Å². The van der Waals surface area contributed by atoms with E-state index in [1.54, 1.807) is 48.8 Å². The number of carboxylic acid groups (broad SMARTS) is 6. The van der Waals surface area contributed by atoms with Gasteiger partial charge >= 0.3 is 35.8 Å². The Labute approximate surface area is 552 Å². The smallest absolute Gasteiger partial charge is 0.326 e. The number of nitrogens with one attached hydrogen (secondary N) is 7. The molecule has 0 saturated heterocycles. The number of benzene rings is 3. The summed E-state index contributed by atoms with van der Waals surface area (Å²) in [6, 6.07) is 15.3. The van der Waals surface area contributed by atoms with Crippen LogP contribution in [0.5, 0.6) is 0 Å². The summed E-state index contributed by atoms with van der Waals surface area (Å²) >= 11 is 0. The number of nitrogens with zero attached hydrogens (tertiary/aromatic N) is 11. The maximum atomic E-state index is 12.4. The van der Waals surface area contributed by atoms with Crippen molar-refractivity contribution >= 4 is 134 Å². The van der Waals surface area contributed by atoms with Crippen molar-refractivity contribution in [1.82, 2.24) is 65.8 Å². The zero-order valence-electron chi connectivity index (χ0n) is 52.0. The van der Waals surface area contributed by atoms with Crippen molar-refractivity contribution in [3.05, 3.63) is 124 Å². The molecule has 0 bridgehead atoms. The number of carbonyl (C=O) groups is 9. The third-order valence-corrected chi connectivity index (χ3v) is 14.2. The molecule has 9 rings (SSSR count). The number of aromatic nitrogens is 10. The lowest BCUT2D eigenvalue weighted by molar-refractivity contribution is -0.142. The average Bonchev–Trinajstić information content (AvgIpc) is 0.949. The number of nitrogens with two attached hydrogens (primary N) is 5. The lowest BCUT2D eigenvalue weighted by Crippen LogP contribution is -2.41. The summed E-state index contributed by atoms with van der Waals surface area (Å²) in [6.45, 7) is 1.72. The molecule has 0 spiro atoms. The van der Waals surface area contributed by atoms with Gasteiger partial charge in [0.2, 0.25) is 17.8 Å². The van der Waals surface area contributed by atoms with E-state index in [-0.39, 0.29) is 90.7 Å². The molecule has 23 N–H and O–H groups in total. The molecule has 6 heterocycles. The minimum atomic E-state index is -1.30. The first kappa shape index (κ1) is 72.0. The van der Waals surface area contributed by atoms with Crippen LogP contribution in [-0.4, -0.2) is 185 Å². The summed E-state index contributed by atoms with van der Waals surface area (Å²) in [5.74, 6) is -8.36. The maximum Gasteiger partial charge on any atom is 0.326 e. The molecule has 0 fully saturated rings. The molecular weight excluding hydrogens is 1290 g/mol. The molecule has 98 heavy (non-hydrogen) atoms. The lowest BCUT2D eigenvalue weighted by atomic mass is 10.1. The standard InChI is InChI=1S/2C20H22N8O5.C19H23N7O6/c2*1-28(9-11-8-23-17-15(24-11)16(21)26-20(22)27-17)12-4-2-10(3-5-12)18(31)25-13(19(32)33)6-7-14(29)30;20-19-25-15-14(17(30)26-19)23-11(8-22-15)7-21-10-3-1-9(2-4-10)16(29)24-12(18(31)32)5-6-13(27)28/h2*2-5,8,13H,6-7,9H2,1H3,(H,25,31)(H,29,30)(H,32,33)(H4,21,22,23,26,27);1-4,11-12,21,23H,5-8H2,(H,24,29)(H,27,28)(H,31,32)(H4,20,22,25,26,30)/t2*13-;11?,12-/m000/s1. The second-order valence-corrected chi connectivity index (χ2v) is 21.6. The number of hydrogen-bond acceptors (Lipinski definition) is 29. The van der Waals surface area contributed by atoms with E-state index in [0.29, 0.717) is 77.1 Å². The van der Waals surface area contributed by atoms with E-state index >= 15 is 0 Å². The highest BCUT2D eigenvalue weighted by molar-refractivity contribution is 5.99. The zero-order valence-corrected chi connectivity index (χ0v) is 52.0. The third kappa shape index (κ3) is 20.6. The number of hydrogen-bond donors (Lipinski definition) is 18. The maximum absolute atomic E-state index is 12.4. The molecule has 39 nitrogen and oxygen atoms in total. The van der Waals surface area contributed by atoms with E-state index in [4.69, 9.17) is 49.1 Å². The molecule has 39 heteroatoms. The van der Waals surface area contributed by atoms with Gasteiger partial charge in [0.15, 0.2) is 34.0 Å². The van der Waals surface area contributed by atoms with Gasteiger partial charge in [-0.25, -0.2) is 34.3 Å². The zero-order chi connectivity index (χ0) is 71.5. The highest BCUT2D eigenvalue weighted by Crippen LogP contribution is 2.23. The molecule has 1 aliphatic heterocycles. The van der Waals surface area contributed by atoms with Crippen LogP contribution in [0, 0.1) is 0 Å². The van der Waals surface area contributed by atoms with E-state index < -0.39 is 77.2 Å². The molecule has 0 saturated carbocycles. The van der Waals surface area contributed by atoms with Gasteiger partial charge in [0, 0.05) is 80.2 Å². The summed E-state index contributed by atoms with van der Waals surface area (Å²) < 4.78 is 0. The van der Waals surface area contributed by atoms with Gasteiger partial charge in [0.25, 0.3) is 23.3 Å². The van der Waals surface area contributed by atoms with Crippen LogP contribution in [0.4, 0.5) is 58.0 Å². The number of carbonyl (C=O) groups excluding carboxylic acids is 3. The largest absolute Gasteiger partial charge is 0.481 e. The Bertz CT molecular complexity index is 4150. The van der Waals surface area contributed by atoms with Crippen molar-refractivity contribution in [3.8, 4) is 0 Å². The fraction of sp³-hybridized carbons (Fsp3) is 0.271. The predicted octanol–water partition coefficient (Wildman–Crippen LogP) is 0.255. The Morgan fingerprint density at radius 3 is 1.28 bits per heavy atom. The number of aliphatic carboxylic acids is 6. The first-order chi connectivity index (χ1) is 46.5. The summed E-state index contributed by atoms with van der Waals surface area (Å²) in [6.07, 6.45) is 1.34. The van der Waals surface area contributed by atoms with Gasteiger partial charge in [-0.2, -0.15) is 24.9 Å². The van der Waals surface area contributed by atoms with Crippen molar-refractivity contribution in [2.75, 3.05) is 81.6 Å². The van der Waals surface area contributed by atoms with Crippen LogP contribution < -0.4 is 75.9 Å². The normalized spacial score (nSPS) is 12.9. The number of fused-ring (bicyclic) bond motifs is 3. The van der Waals surface area contributed by atoms with Crippen LogP contribution in [0.1, 0.15) is 81.0 Å². The summed E-state index contributed by atoms with van der Waals surface area (Å²) in [7, 11) is 3.63. The quantitative estimate of drug-likeness (QED) is 0.0328. The Hall–Kier alpha value is -13.4. The minimum Gasteiger partial charge on any atom is -0.481 e. The van der Waals surface area contributed by atoms with Crippen molar-refractivity contribution < 1.29 is 73.8 Å². The number of amides is 3. The monoisotopic (exact) mass is 1350 g/mol. The summed E-state index contributed by atoms with van der Waals surface area (Å²) in [5, 5.41) is 70.0. The molecule has 4 atom stereocenters. The Morgan fingerprint density at radius 1 is 0.531 bits per heavy atom. The van der Waals surface area contributed by atoms with E-state index in [9.17, 15) is 58.2 Å². The summed E-state index contributed by atoms with van der Waals surface area (Å²) in [4.78, 5) is 158. The number of H-pyrrole nitrogens is 1. The fourth-order valence-electron chi connectivity index (χ4n) is 9.16. The van der Waals surface area contributed by atoms with E-state index in [2.05, 4.69) is 81.7 Å². The second-order valence-electron chi connectivity index (χ2n) is 21.6. The van der Waals surface area contributed by atoms with E-state index in [0.717, 1.165) is 11.4 Å². The van der Waals surface area contributed by atoms with Gasteiger partial charge in [0.05, 0.1) is 42.9 Å². The number of carboxylic acids is 6. The lowest BCUT2D eigenvalue weighted by Gasteiger charge is -2.27. The number of anilines is 10. The second kappa shape index (κ2) is 32.9. The van der Waals surface area contributed by atoms with Crippen LogP contribution in [0.3, 0.4) is 0 Å². The van der Waals surface area contributed by atoms with Gasteiger partial charge in [-0.15, -0.1) is 0 Å². The Balaban J connectivity index is 0.000000207. The third-order valence-electron chi connectivity index (χ3n) is 14.2. The molecule has 0 radical (unpaired) electrons. The predicted molar refractivity (Wildman–Crippen MR) is 352 cm³/mol. The van der Waals surface area contributed by atoms with Gasteiger partial charge in [-0.1, -0.05) is 0 Å². The summed E-state index contributed by atoms with van der Waals surface area (Å²) in [5.41, 5.74) is 33.6. The Kier molecular flexibility index (Phi) is 24.2. The fourth-order valence-corrected chi connectivity index (χ4v) is 9.16. The molecule has 5 aromatic heterocycles. The van der Waals surface area contributed by atoms with E-state index in [1.807, 2.05) is 23.9 Å². The van der Waals surface area contributed by atoms with Crippen LogP contribution >= 0.6 is 0 Å². The SMILES string of the molecule is CN(Cc1cnc2nc(N)nc(N)c2n1)c1ccc(C(=O)N[C@@H](CCC(=O)O)C(=O)O)cc1.CN(Cc1cnc2nc(N)nc(N)c2n1)c1ccc(C(=O)N[C@@H](CCC(=O)O)C(=O)O)cc1.Nc1nc(=O)c2c([nH]1)NCC(CNc1ccc(C(=O)N[C@@H](CCC(=O)O)C(=O)O)cc1)N2. The minimum absolute atomic E-state index is 0.0138. The van der Waals surface area contributed by atoms with Gasteiger partial charge < -0.3 is 106 Å². The van der Waals surface area contributed by atoms with Crippen molar-refractivity contribution in [3.63, 3.8) is 0 Å². The molecular formula is C59H67N23O16.